The Balaban J connectivity index is 1.86. The van der Waals surface area contributed by atoms with Gasteiger partial charge >= 0.3 is 0 Å². The molecule has 0 unspecified atom stereocenters. The third kappa shape index (κ3) is 3.44. The number of imidazole rings is 1. The lowest BCUT2D eigenvalue weighted by Gasteiger charge is -2.35. The first-order valence-electron chi connectivity index (χ1n) is 8.66. The van der Waals surface area contributed by atoms with Crippen molar-refractivity contribution in [3.8, 4) is 5.82 Å². The smallest absolute Gasteiger partial charge is 0.156 e. The quantitative estimate of drug-likeness (QED) is 0.868. The molecule has 0 aliphatic carbocycles. The van der Waals surface area contributed by atoms with Crippen LogP contribution in [0.2, 0.25) is 0 Å². The van der Waals surface area contributed by atoms with Crippen LogP contribution in [-0.4, -0.2) is 43.6 Å². The van der Waals surface area contributed by atoms with Gasteiger partial charge in [-0.3, -0.25) is 9.55 Å². The molecular weight excluding hydrogens is 286 g/mol. The highest BCUT2D eigenvalue weighted by atomic mass is 15.2. The maximum absolute atomic E-state index is 4.91. The van der Waals surface area contributed by atoms with E-state index >= 15 is 0 Å². The Kier molecular flexibility index (Phi) is 4.76. The molecule has 124 valence electrons. The minimum absolute atomic E-state index is 0.363. The molecule has 1 aliphatic rings. The van der Waals surface area contributed by atoms with Crippen molar-refractivity contribution < 1.29 is 0 Å². The lowest BCUT2D eigenvalue weighted by Crippen LogP contribution is -2.39. The molecule has 0 spiro atoms. The van der Waals surface area contributed by atoms with Crippen molar-refractivity contribution in [1.82, 2.24) is 24.4 Å². The summed E-state index contributed by atoms with van der Waals surface area (Å²) in [6.45, 7) is 11.1. The molecule has 3 rings (SSSR count). The SMILES string of the molecule is CC(C)c1nccn1-c1cncc([C@H]2CCCN(C(C)C)C2)n1. The summed E-state index contributed by atoms with van der Waals surface area (Å²) in [5.41, 5.74) is 1.11. The van der Waals surface area contributed by atoms with Crippen molar-refractivity contribution in [1.29, 1.82) is 0 Å². The summed E-state index contributed by atoms with van der Waals surface area (Å²) in [7, 11) is 0. The molecule has 0 aromatic carbocycles. The highest BCUT2D eigenvalue weighted by molar-refractivity contribution is 5.25. The van der Waals surface area contributed by atoms with Gasteiger partial charge in [-0.2, -0.15) is 0 Å². The third-order valence-electron chi connectivity index (χ3n) is 4.67. The standard InChI is InChI=1S/C18H27N5/c1-13(2)18-20-7-9-23(18)17-11-19-10-16(21-17)15-6-5-8-22(12-15)14(3)4/h7,9-11,13-15H,5-6,8,12H2,1-4H3/t15-/m0/s1. The minimum Gasteiger partial charge on any atom is -0.300 e. The number of nitrogens with zero attached hydrogens (tertiary/aromatic N) is 5. The zero-order valence-electron chi connectivity index (χ0n) is 14.6. The van der Waals surface area contributed by atoms with Crippen molar-refractivity contribution >= 4 is 0 Å². The van der Waals surface area contributed by atoms with Crippen LogP contribution in [0.15, 0.2) is 24.8 Å². The maximum Gasteiger partial charge on any atom is 0.156 e. The van der Waals surface area contributed by atoms with Crippen LogP contribution in [0.3, 0.4) is 0 Å². The Morgan fingerprint density at radius 2 is 2.00 bits per heavy atom. The van der Waals surface area contributed by atoms with Crippen LogP contribution < -0.4 is 0 Å². The van der Waals surface area contributed by atoms with Crippen molar-refractivity contribution in [2.45, 2.75) is 58.4 Å². The Morgan fingerprint density at radius 1 is 1.17 bits per heavy atom. The minimum atomic E-state index is 0.363. The fraction of sp³-hybridized carbons (Fsp3) is 0.611. The Morgan fingerprint density at radius 3 is 2.74 bits per heavy atom. The normalized spacial score (nSPS) is 19.7. The molecule has 0 amide bonds. The molecule has 1 atom stereocenters. The Bertz CT molecular complexity index is 646. The van der Waals surface area contributed by atoms with E-state index in [-0.39, 0.29) is 0 Å². The fourth-order valence-corrected chi connectivity index (χ4v) is 3.34. The molecule has 1 saturated heterocycles. The van der Waals surface area contributed by atoms with Gasteiger partial charge in [-0.25, -0.2) is 9.97 Å². The average Bonchev–Trinajstić information content (AvgIpc) is 3.05. The van der Waals surface area contributed by atoms with E-state index in [1.807, 2.05) is 24.8 Å². The van der Waals surface area contributed by atoms with Gasteiger partial charge in [0, 0.05) is 43.0 Å². The number of rotatable bonds is 4. The zero-order chi connectivity index (χ0) is 16.4. The summed E-state index contributed by atoms with van der Waals surface area (Å²) in [5, 5.41) is 0. The molecule has 3 heterocycles. The van der Waals surface area contributed by atoms with Gasteiger partial charge in [0.25, 0.3) is 0 Å². The lowest BCUT2D eigenvalue weighted by molar-refractivity contribution is 0.166. The molecule has 5 heteroatoms. The molecule has 2 aromatic heterocycles. The van der Waals surface area contributed by atoms with Gasteiger partial charge in [-0.05, 0) is 33.2 Å². The van der Waals surface area contributed by atoms with Crippen molar-refractivity contribution in [3.63, 3.8) is 0 Å². The second-order valence-corrected chi connectivity index (χ2v) is 7.04. The number of hydrogen-bond acceptors (Lipinski definition) is 4. The van der Waals surface area contributed by atoms with Crippen LogP contribution in [0.5, 0.6) is 0 Å². The maximum atomic E-state index is 4.91. The molecule has 1 fully saturated rings. The van der Waals surface area contributed by atoms with Crippen LogP contribution in [0.4, 0.5) is 0 Å². The Labute approximate surface area is 138 Å². The summed E-state index contributed by atoms with van der Waals surface area (Å²) in [4.78, 5) is 16.4. The molecule has 0 bridgehead atoms. The van der Waals surface area contributed by atoms with Crippen LogP contribution in [0.25, 0.3) is 5.82 Å². The first-order valence-corrected chi connectivity index (χ1v) is 8.66. The summed E-state index contributed by atoms with van der Waals surface area (Å²) in [6.07, 6.45) is 10.0. The van der Waals surface area contributed by atoms with Crippen LogP contribution in [-0.2, 0) is 0 Å². The van der Waals surface area contributed by atoms with Crippen LogP contribution >= 0.6 is 0 Å². The van der Waals surface area contributed by atoms with Crippen molar-refractivity contribution in [2.75, 3.05) is 13.1 Å². The van der Waals surface area contributed by atoms with E-state index in [0.29, 0.717) is 17.9 Å². The van der Waals surface area contributed by atoms with E-state index in [9.17, 15) is 0 Å². The average molecular weight is 313 g/mol. The van der Waals surface area contributed by atoms with Crippen LogP contribution in [0.1, 0.15) is 63.9 Å². The lowest BCUT2D eigenvalue weighted by atomic mass is 9.94. The molecule has 5 nitrogen and oxygen atoms in total. The van der Waals surface area contributed by atoms with E-state index in [4.69, 9.17) is 4.98 Å². The largest absolute Gasteiger partial charge is 0.300 e. The van der Waals surface area contributed by atoms with Gasteiger partial charge in [0.05, 0.1) is 11.9 Å². The van der Waals surface area contributed by atoms with E-state index < -0.39 is 0 Å². The predicted molar refractivity (Wildman–Crippen MR) is 91.9 cm³/mol. The number of piperidine rings is 1. The van der Waals surface area contributed by atoms with Gasteiger partial charge in [-0.1, -0.05) is 13.8 Å². The molecule has 2 aromatic rings. The third-order valence-corrected chi connectivity index (χ3v) is 4.67. The monoisotopic (exact) mass is 313 g/mol. The first-order chi connectivity index (χ1) is 11.1. The summed E-state index contributed by atoms with van der Waals surface area (Å²) in [6, 6.07) is 0.593. The second kappa shape index (κ2) is 6.79. The van der Waals surface area contributed by atoms with Gasteiger partial charge in [0.15, 0.2) is 5.82 Å². The fourth-order valence-electron chi connectivity index (χ4n) is 3.34. The number of likely N-dealkylation sites (tertiary alicyclic amines) is 1. The Hall–Kier alpha value is -1.75. The second-order valence-electron chi connectivity index (χ2n) is 7.04. The van der Waals surface area contributed by atoms with Gasteiger partial charge in [0.2, 0.25) is 0 Å². The summed E-state index contributed by atoms with van der Waals surface area (Å²) < 4.78 is 2.06. The van der Waals surface area contributed by atoms with E-state index in [0.717, 1.165) is 23.9 Å². The van der Waals surface area contributed by atoms with E-state index in [1.165, 1.54) is 19.4 Å². The molecule has 23 heavy (non-hydrogen) atoms. The highest BCUT2D eigenvalue weighted by Crippen LogP contribution is 2.27. The summed E-state index contributed by atoms with van der Waals surface area (Å²) in [5.74, 6) is 2.75. The predicted octanol–water partition coefficient (Wildman–Crippen LogP) is 3.37. The van der Waals surface area contributed by atoms with Gasteiger partial charge in [0.1, 0.15) is 5.82 Å². The summed E-state index contributed by atoms with van der Waals surface area (Å²) >= 11 is 0. The van der Waals surface area contributed by atoms with Crippen LogP contribution in [0, 0.1) is 0 Å². The van der Waals surface area contributed by atoms with Gasteiger partial charge < -0.3 is 4.90 Å². The highest BCUT2D eigenvalue weighted by Gasteiger charge is 2.24. The van der Waals surface area contributed by atoms with Crippen molar-refractivity contribution in [2.24, 2.45) is 0 Å². The number of aromatic nitrogens is 4. The molecule has 0 saturated carbocycles. The van der Waals surface area contributed by atoms with Gasteiger partial charge in [-0.15, -0.1) is 0 Å². The number of hydrogen-bond donors (Lipinski definition) is 0. The van der Waals surface area contributed by atoms with E-state index in [1.54, 1.807) is 0 Å². The molecule has 1 aliphatic heterocycles. The molecular formula is C18H27N5. The zero-order valence-corrected chi connectivity index (χ0v) is 14.6. The van der Waals surface area contributed by atoms with E-state index in [2.05, 4.69) is 47.1 Å². The molecule has 0 radical (unpaired) electrons. The molecule has 0 N–H and O–H groups in total. The first kappa shape index (κ1) is 16.1. The topological polar surface area (TPSA) is 46.8 Å². The van der Waals surface area contributed by atoms with Crippen molar-refractivity contribution in [3.05, 3.63) is 36.3 Å².